The fraction of sp³-hybridized carbons (Fsp3) is 0.417. The summed E-state index contributed by atoms with van der Waals surface area (Å²) < 4.78 is 7.95. The predicted octanol–water partition coefficient (Wildman–Crippen LogP) is 4.28. The van der Waals surface area contributed by atoms with Crippen LogP contribution in [0.15, 0.2) is 42.7 Å². The Kier molecular flexibility index (Phi) is 5.56. The van der Waals surface area contributed by atoms with Gasteiger partial charge in [-0.1, -0.05) is 12.1 Å². The first-order chi connectivity index (χ1) is 14.0. The molecule has 2 heterocycles. The lowest BCUT2D eigenvalue weighted by atomic mass is 9.96. The van der Waals surface area contributed by atoms with Crippen molar-refractivity contribution in [2.75, 3.05) is 19.7 Å². The number of fused-ring (bicyclic) bond motifs is 1. The molecule has 1 aliphatic rings. The molecule has 29 heavy (non-hydrogen) atoms. The minimum atomic E-state index is 0.0733. The molecule has 0 bridgehead atoms. The van der Waals surface area contributed by atoms with Crippen LogP contribution in [0.1, 0.15) is 29.5 Å². The zero-order valence-corrected chi connectivity index (χ0v) is 17.5. The van der Waals surface area contributed by atoms with Crippen LogP contribution in [0.5, 0.6) is 5.75 Å². The number of amides is 1. The predicted molar refractivity (Wildman–Crippen MR) is 115 cm³/mol. The van der Waals surface area contributed by atoms with E-state index in [4.69, 9.17) is 4.74 Å². The van der Waals surface area contributed by atoms with Gasteiger partial charge in [0.1, 0.15) is 5.75 Å². The highest BCUT2D eigenvalue weighted by atomic mass is 16.5. The Labute approximate surface area is 172 Å². The quantitative estimate of drug-likeness (QED) is 0.652. The minimum absolute atomic E-state index is 0.0733. The average molecular weight is 392 g/mol. The van der Waals surface area contributed by atoms with Crippen LogP contribution in [0.4, 0.5) is 0 Å². The summed E-state index contributed by atoms with van der Waals surface area (Å²) in [6.07, 6.45) is 3.98. The monoisotopic (exact) mass is 391 g/mol. The van der Waals surface area contributed by atoms with E-state index in [0.717, 1.165) is 49.3 Å². The topological polar surface area (TPSA) is 47.4 Å². The van der Waals surface area contributed by atoms with Gasteiger partial charge in [0.05, 0.1) is 17.4 Å². The fourth-order valence-corrected chi connectivity index (χ4v) is 4.04. The molecule has 1 saturated heterocycles. The first kappa shape index (κ1) is 19.5. The third-order valence-corrected chi connectivity index (χ3v) is 6.01. The van der Waals surface area contributed by atoms with Gasteiger partial charge in [-0.15, -0.1) is 0 Å². The second-order valence-electron chi connectivity index (χ2n) is 8.25. The molecule has 0 N–H and O–H groups in total. The molecular weight excluding hydrogens is 362 g/mol. The number of aryl methyl sites for hydroxylation is 3. The Morgan fingerprint density at radius 3 is 2.62 bits per heavy atom. The molecule has 4 rings (SSSR count). The van der Waals surface area contributed by atoms with Gasteiger partial charge in [0.15, 0.2) is 6.61 Å². The lowest BCUT2D eigenvalue weighted by Crippen LogP contribution is -2.41. The van der Waals surface area contributed by atoms with Crippen LogP contribution in [0.25, 0.3) is 11.0 Å². The van der Waals surface area contributed by atoms with Crippen LogP contribution in [0.2, 0.25) is 0 Å². The van der Waals surface area contributed by atoms with Gasteiger partial charge < -0.3 is 14.2 Å². The molecule has 5 nitrogen and oxygen atoms in total. The molecule has 0 atom stereocenters. The molecule has 5 heteroatoms. The summed E-state index contributed by atoms with van der Waals surface area (Å²) in [5.74, 6) is 1.39. The zero-order valence-electron chi connectivity index (χ0n) is 17.5. The molecule has 1 amide bonds. The van der Waals surface area contributed by atoms with E-state index in [9.17, 15) is 4.79 Å². The molecule has 2 aromatic carbocycles. The normalized spacial score (nSPS) is 15.1. The molecule has 152 valence electrons. The average Bonchev–Trinajstić information content (AvgIpc) is 3.08. The van der Waals surface area contributed by atoms with Crippen molar-refractivity contribution in [1.29, 1.82) is 0 Å². The van der Waals surface area contributed by atoms with Crippen molar-refractivity contribution in [2.45, 2.75) is 40.2 Å². The zero-order chi connectivity index (χ0) is 20.4. The van der Waals surface area contributed by atoms with Gasteiger partial charge >= 0.3 is 0 Å². The van der Waals surface area contributed by atoms with Crippen LogP contribution in [0.3, 0.4) is 0 Å². The van der Waals surface area contributed by atoms with E-state index < -0.39 is 0 Å². The van der Waals surface area contributed by atoms with Crippen LogP contribution >= 0.6 is 0 Å². The van der Waals surface area contributed by atoms with E-state index in [1.54, 1.807) is 0 Å². The summed E-state index contributed by atoms with van der Waals surface area (Å²) in [5, 5.41) is 0. The number of hydrogen-bond acceptors (Lipinski definition) is 3. The standard InChI is InChI=1S/C24H29N3O2/c1-17-5-4-6-21(11-17)29-15-24(28)26-9-7-20(8-10-26)14-27-16-25-22-12-18(2)19(3)13-23(22)27/h4-6,11-13,16,20H,7-10,14-15H2,1-3H3. The molecule has 1 fully saturated rings. The molecule has 1 aliphatic heterocycles. The van der Waals surface area contributed by atoms with Crippen molar-refractivity contribution in [2.24, 2.45) is 5.92 Å². The molecule has 0 saturated carbocycles. The number of ether oxygens (including phenoxy) is 1. The number of likely N-dealkylation sites (tertiary alicyclic amines) is 1. The molecule has 3 aromatic rings. The van der Waals surface area contributed by atoms with Gasteiger partial charge in [0.2, 0.25) is 0 Å². The maximum Gasteiger partial charge on any atom is 0.260 e. The van der Waals surface area contributed by atoms with E-state index in [1.165, 1.54) is 16.6 Å². The molecular formula is C24H29N3O2. The number of aromatic nitrogens is 2. The number of benzene rings is 2. The van der Waals surface area contributed by atoms with Gasteiger partial charge in [-0.2, -0.15) is 0 Å². The van der Waals surface area contributed by atoms with Gasteiger partial charge in [-0.05, 0) is 80.5 Å². The Hall–Kier alpha value is -2.82. The van der Waals surface area contributed by atoms with Crippen molar-refractivity contribution in [3.63, 3.8) is 0 Å². The number of imidazole rings is 1. The smallest absolute Gasteiger partial charge is 0.260 e. The highest BCUT2D eigenvalue weighted by Crippen LogP contribution is 2.24. The molecule has 0 unspecified atom stereocenters. The summed E-state index contributed by atoms with van der Waals surface area (Å²) in [5.41, 5.74) is 5.98. The maximum absolute atomic E-state index is 12.5. The van der Waals surface area contributed by atoms with Gasteiger partial charge in [0.25, 0.3) is 5.91 Å². The van der Waals surface area contributed by atoms with Crippen LogP contribution < -0.4 is 4.74 Å². The Morgan fingerprint density at radius 1 is 1.10 bits per heavy atom. The summed E-state index contributed by atoms with van der Waals surface area (Å²) in [7, 11) is 0. The van der Waals surface area contributed by atoms with Crippen LogP contribution in [-0.4, -0.2) is 40.1 Å². The van der Waals surface area contributed by atoms with Gasteiger partial charge in [0, 0.05) is 19.6 Å². The Bertz CT molecular complexity index is 1020. The largest absolute Gasteiger partial charge is 0.484 e. The highest BCUT2D eigenvalue weighted by Gasteiger charge is 2.23. The van der Waals surface area contributed by atoms with Crippen LogP contribution in [0, 0.1) is 26.7 Å². The SMILES string of the molecule is Cc1cccc(OCC(=O)N2CCC(Cn3cnc4cc(C)c(C)cc43)CC2)c1. The van der Waals surface area contributed by atoms with Crippen molar-refractivity contribution in [3.8, 4) is 5.75 Å². The number of piperidine rings is 1. The molecule has 0 aliphatic carbocycles. The first-order valence-corrected chi connectivity index (χ1v) is 10.4. The van der Waals surface area contributed by atoms with E-state index >= 15 is 0 Å². The molecule has 0 radical (unpaired) electrons. The van der Waals surface area contributed by atoms with Crippen LogP contribution in [-0.2, 0) is 11.3 Å². The molecule has 0 spiro atoms. The fourth-order valence-electron chi connectivity index (χ4n) is 4.04. The second-order valence-corrected chi connectivity index (χ2v) is 8.25. The highest BCUT2D eigenvalue weighted by molar-refractivity contribution is 5.78. The van der Waals surface area contributed by atoms with Crippen molar-refractivity contribution in [3.05, 3.63) is 59.4 Å². The number of rotatable bonds is 5. The lowest BCUT2D eigenvalue weighted by Gasteiger charge is -2.32. The molecule has 1 aromatic heterocycles. The Morgan fingerprint density at radius 2 is 1.86 bits per heavy atom. The van der Waals surface area contributed by atoms with Crippen molar-refractivity contribution < 1.29 is 9.53 Å². The maximum atomic E-state index is 12.5. The summed E-state index contributed by atoms with van der Waals surface area (Å²) in [6, 6.07) is 12.2. The minimum Gasteiger partial charge on any atom is -0.484 e. The summed E-state index contributed by atoms with van der Waals surface area (Å²) in [6.45, 7) is 8.96. The summed E-state index contributed by atoms with van der Waals surface area (Å²) in [4.78, 5) is 19.0. The van der Waals surface area contributed by atoms with Gasteiger partial charge in [-0.25, -0.2) is 4.98 Å². The number of carbonyl (C=O) groups excluding carboxylic acids is 1. The number of nitrogens with zero attached hydrogens (tertiary/aromatic N) is 3. The first-order valence-electron chi connectivity index (χ1n) is 10.4. The van der Waals surface area contributed by atoms with E-state index in [2.05, 4.69) is 35.5 Å². The Balaban J connectivity index is 1.30. The van der Waals surface area contributed by atoms with Crippen molar-refractivity contribution in [1.82, 2.24) is 14.5 Å². The third kappa shape index (κ3) is 4.44. The van der Waals surface area contributed by atoms with E-state index in [1.807, 2.05) is 42.4 Å². The number of carbonyl (C=O) groups is 1. The number of hydrogen-bond donors (Lipinski definition) is 0. The van der Waals surface area contributed by atoms with E-state index in [0.29, 0.717) is 5.92 Å². The van der Waals surface area contributed by atoms with Crippen molar-refractivity contribution >= 4 is 16.9 Å². The van der Waals surface area contributed by atoms with E-state index in [-0.39, 0.29) is 12.5 Å². The lowest BCUT2D eigenvalue weighted by molar-refractivity contribution is -0.134. The summed E-state index contributed by atoms with van der Waals surface area (Å²) >= 11 is 0. The third-order valence-electron chi connectivity index (χ3n) is 6.01. The second kappa shape index (κ2) is 8.27. The van der Waals surface area contributed by atoms with Gasteiger partial charge in [-0.3, -0.25) is 4.79 Å².